The molecule has 0 heterocycles. The van der Waals surface area contributed by atoms with Crippen molar-refractivity contribution in [1.82, 2.24) is 0 Å². The Morgan fingerprint density at radius 3 is 2.22 bits per heavy atom. The summed E-state index contributed by atoms with van der Waals surface area (Å²) in [5.74, 6) is 0. The van der Waals surface area contributed by atoms with Crippen molar-refractivity contribution in [3.63, 3.8) is 0 Å². The van der Waals surface area contributed by atoms with Crippen molar-refractivity contribution in [2.24, 2.45) is 0 Å². The van der Waals surface area contributed by atoms with Crippen molar-refractivity contribution in [1.29, 1.82) is 0 Å². The van der Waals surface area contributed by atoms with Gasteiger partial charge in [0.15, 0.2) is 0 Å². The van der Waals surface area contributed by atoms with Crippen LogP contribution in [-0.2, 0) is 19.0 Å². The fourth-order valence-electron chi connectivity index (χ4n) is 1.24. The fraction of sp³-hybridized carbons (Fsp3) is 0.417. The van der Waals surface area contributed by atoms with Crippen LogP contribution in [0.3, 0.4) is 0 Å². The average molecular weight is 272 g/mol. The summed E-state index contributed by atoms with van der Waals surface area (Å²) in [5, 5.41) is 0. The standard InChI is InChI=1S/C12H16O5S/c1-9-7-5-6-8-10(9)18(14,15)17-11(13)16-12(2,3)4/h5-8H,1-4H3. The van der Waals surface area contributed by atoms with Gasteiger partial charge in [-0.05, 0) is 39.3 Å². The molecule has 0 saturated heterocycles. The van der Waals surface area contributed by atoms with Gasteiger partial charge >= 0.3 is 16.3 Å². The third kappa shape index (κ3) is 4.03. The number of ether oxygens (including phenoxy) is 1. The van der Waals surface area contributed by atoms with E-state index >= 15 is 0 Å². The minimum Gasteiger partial charge on any atom is -0.428 e. The predicted octanol–water partition coefficient (Wildman–Crippen LogP) is 2.64. The van der Waals surface area contributed by atoms with Crippen LogP contribution in [0.25, 0.3) is 0 Å². The van der Waals surface area contributed by atoms with Crippen molar-refractivity contribution >= 4 is 16.3 Å². The molecule has 0 aromatic heterocycles. The van der Waals surface area contributed by atoms with E-state index in [0.29, 0.717) is 5.56 Å². The molecule has 1 aromatic carbocycles. The molecule has 1 rings (SSSR count). The van der Waals surface area contributed by atoms with Gasteiger partial charge in [0.25, 0.3) is 0 Å². The molecule has 0 atom stereocenters. The molecule has 18 heavy (non-hydrogen) atoms. The molecule has 0 amide bonds. The molecule has 1 aromatic rings. The summed E-state index contributed by atoms with van der Waals surface area (Å²) < 4.78 is 32.8. The van der Waals surface area contributed by atoms with Gasteiger partial charge in [-0.2, -0.15) is 8.42 Å². The van der Waals surface area contributed by atoms with Crippen LogP contribution in [0.5, 0.6) is 0 Å². The first-order valence-electron chi connectivity index (χ1n) is 5.35. The summed E-state index contributed by atoms with van der Waals surface area (Å²) in [4.78, 5) is 11.3. The maximum atomic E-state index is 11.8. The molecule has 0 fully saturated rings. The van der Waals surface area contributed by atoms with Gasteiger partial charge in [-0.1, -0.05) is 18.2 Å². The van der Waals surface area contributed by atoms with E-state index in [9.17, 15) is 13.2 Å². The van der Waals surface area contributed by atoms with Gasteiger partial charge in [-0.25, -0.2) is 4.79 Å². The van der Waals surface area contributed by atoms with Gasteiger partial charge in [0.05, 0.1) is 0 Å². The van der Waals surface area contributed by atoms with E-state index in [-0.39, 0.29) is 4.90 Å². The Morgan fingerprint density at radius 2 is 1.72 bits per heavy atom. The normalized spacial score (nSPS) is 12.0. The van der Waals surface area contributed by atoms with Crippen LogP contribution in [0.15, 0.2) is 29.2 Å². The third-order valence-electron chi connectivity index (χ3n) is 1.93. The van der Waals surface area contributed by atoms with Crippen LogP contribution in [0.4, 0.5) is 4.79 Å². The lowest BCUT2D eigenvalue weighted by Crippen LogP contribution is -2.26. The zero-order valence-electron chi connectivity index (χ0n) is 10.8. The minimum atomic E-state index is -4.14. The lowest BCUT2D eigenvalue weighted by atomic mass is 10.2. The molecule has 0 aliphatic heterocycles. The van der Waals surface area contributed by atoms with Gasteiger partial charge in [0.1, 0.15) is 10.5 Å². The average Bonchev–Trinajstić information content (AvgIpc) is 2.13. The second-order valence-corrected chi connectivity index (χ2v) is 6.28. The summed E-state index contributed by atoms with van der Waals surface area (Å²) in [6.07, 6.45) is -1.23. The van der Waals surface area contributed by atoms with Gasteiger partial charge in [0, 0.05) is 0 Å². The highest BCUT2D eigenvalue weighted by molar-refractivity contribution is 7.87. The Balaban J connectivity index is 2.91. The van der Waals surface area contributed by atoms with Crippen molar-refractivity contribution < 1.29 is 22.1 Å². The molecule has 0 saturated carbocycles. The predicted molar refractivity (Wildman–Crippen MR) is 65.7 cm³/mol. The summed E-state index contributed by atoms with van der Waals surface area (Å²) in [6, 6.07) is 6.24. The summed E-state index contributed by atoms with van der Waals surface area (Å²) >= 11 is 0. The molecule has 0 unspecified atom stereocenters. The number of carbonyl (C=O) groups is 1. The molecule has 0 spiro atoms. The second-order valence-electron chi connectivity index (χ2n) is 4.77. The SMILES string of the molecule is Cc1ccccc1S(=O)(=O)OC(=O)OC(C)(C)C. The van der Waals surface area contributed by atoms with E-state index in [0.717, 1.165) is 0 Å². The molecule has 0 aliphatic carbocycles. The molecular formula is C12H16O5S. The number of aryl methyl sites for hydroxylation is 1. The first-order valence-corrected chi connectivity index (χ1v) is 6.76. The first kappa shape index (κ1) is 14.5. The summed E-state index contributed by atoms with van der Waals surface area (Å²) in [5.41, 5.74) is -0.306. The Bertz CT molecular complexity index is 540. The molecule has 100 valence electrons. The lowest BCUT2D eigenvalue weighted by Gasteiger charge is -2.18. The molecular weight excluding hydrogens is 256 g/mol. The molecule has 0 radical (unpaired) electrons. The molecule has 6 heteroatoms. The quantitative estimate of drug-likeness (QED) is 0.611. The van der Waals surface area contributed by atoms with Crippen LogP contribution in [0.2, 0.25) is 0 Å². The largest absolute Gasteiger partial charge is 0.525 e. The molecule has 0 N–H and O–H groups in total. The maximum Gasteiger partial charge on any atom is 0.525 e. The van der Waals surface area contributed by atoms with Crippen molar-refractivity contribution in [3.05, 3.63) is 29.8 Å². The van der Waals surface area contributed by atoms with E-state index in [1.54, 1.807) is 45.9 Å². The third-order valence-corrected chi connectivity index (χ3v) is 3.28. The number of rotatable bonds is 2. The van der Waals surface area contributed by atoms with Gasteiger partial charge in [-0.15, -0.1) is 0 Å². The number of hydrogen-bond acceptors (Lipinski definition) is 5. The highest BCUT2D eigenvalue weighted by Gasteiger charge is 2.26. The number of benzene rings is 1. The highest BCUT2D eigenvalue weighted by Crippen LogP contribution is 2.18. The summed E-state index contributed by atoms with van der Waals surface area (Å²) in [6.45, 7) is 6.48. The first-order chi connectivity index (χ1) is 8.12. The van der Waals surface area contributed by atoms with Crippen LogP contribution < -0.4 is 0 Å². The van der Waals surface area contributed by atoms with Crippen molar-refractivity contribution in [2.45, 2.75) is 38.2 Å². The molecule has 0 aliphatic rings. The Morgan fingerprint density at radius 1 is 1.17 bits per heavy atom. The molecule has 5 nitrogen and oxygen atoms in total. The van der Waals surface area contributed by atoms with Gasteiger partial charge < -0.3 is 8.92 Å². The monoisotopic (exact) mass is 272 g/mol. The second kappa shape index (κ2) is 4.97. The zero-order chi connectivity index (χ0) is 14.0. The summed E-state index contributed by atoms with van der Waals surface area (Å²) in [7, 11) is -4.14. The fourth-order valence-corrected chi connectivity index (χ4v) is 2.25. The van der Waals surface area contributed by atoms with Crippen LogP contribution in [0, 0.1) is 6.92 Å². The van der Waals surface area contributed by atoms with E-state index in [1.165, 1.54) is 6.07 Å². The van der Waals surface area contributed by atoms with Crippen molar-refractivity contribution in [3.8, 4) is 0 Å². The zero-order valence-corrected chi connectivity index (χ0v) is 11.6. The van der Waals surface area contributed by atoms with E-state index in [4.69, 9.17) is 4.74 Å². The highest BCUT2D eigenvalue weighted by atomic mass is 32.2. The van der Waals surface area contributed by atoms with Crippen LogP contribution >= 0.6 is 0 Å². The van der Waals surface area contributed by atoms with Crippen molar-refractivity contribution in [2.75, 3.05) is 0 Å². The Hall–Kier alpha value is -1.56. The van der Waals surface area contributed by atoms with E-state index < -0.39 is 21.9 Å². The number of hydrogen-bond donors (Lipinski definition) is 0. The minimum absolute atomic E-state index is 0.0455. The Kier molecular flexibility index (Phi) is 4.01. The smallest absolute Gasteiger partial charge is 0.428 e. The van der Waals surface area contributed by atoms with Crippen LogP contribution in [0.1, 0.15) is 26.3 Å². The number of carbonyl (C=O) groups excluding carboxylic acids is 1. The van der Waals surface area contributed by atoms with Crippen LogP contribution in [-0.4, -0.2) is 20.2 Å². The van der Waals surface area contributed by atoms with E-state index in [2.05, 4.69) is 4.18 Å². The topological polar surface area (TPSA) is 69.7 Å². The van der Waals surface area contributed by atoms with E-state index in [1.807, 2.05) is 0 Å². The molecule has 0 bridgehead atoms. The van der Waals surface area contributed by atoms with Gasteiger partial charge in [-0.3, -0.25) is 0 Å². The maximum absolute atomic E-state index is 11.8. The van der Waals surface area contributed by atoms with Gasteiger partial charge in [0.2, 0.25) is 0 Å². The lowest BCUT2D eigenvalue weighted by molar-refractivity contribution is 0.0222. The Labute approximate surface area is 107 Å².